The molecule has 1 spiro atoms. The fourth-order valence-electron chi connectivity index (χ4n) is 5.91. The van der Waals surface area contributed by atoms with Crippen LogP contribution < -0.4 is 14.8 Å². The van der Waals surface area contributed by atoms with Crippen molar-refractivity contribution in [2.75, 3.05) is 26.4 Å². The summed E-state index contributed by atoms with van der Waals surface area (Å²) in [6.07, 6.45) is 5.91. The summed E-state index contributed by atoms with van der Waals surface area (Å²) in [6.45, 7) is 2.48. The molecule has 33 heavy (non-hydrogen) atoms. The maximum Gasteiger partial charge on any atom is 0.253 e. The zero-order chi connectivity index (χ0) is 22.4. The van der Waals surface area contributed by atoms with Gasteiger partial charge >= 0.3 is 0 Å². The van der Waals surface area contributed by atoms with Gasteiger partial charge in [-0.3, -0.25) is 9.59 Å². The Morgan fingerprint density at radius 2 is 1.82 bits per heavy atom. The van der Waals surface area contributed by atoms with E-state index in [-0.39, 0.29) is 29.9 Å². The molecule has 1 atom stereocenters. The lowest BCUT2D eigenvalue weighted by atomic mass is 9.73. The van der Waals surface area contributed by atoms with E-state index in [9.17, 15) is 9.59 Å². The third kappa shape index (κ3) is 3.85. The van der Waals surface area contributed by atoms with E-state index in [0.717, 1.165) is 38.9 Å². The summed E-state index contributed by atoms with van der Waals surface area (Å²) in [5.41, 5.74) is 3.42. The van der Waals surface area contributed by atoms with Gasteiger partial charge < -0.3 is 19.7 Å². The molecule has 1 saturated carbocycles. The number of fused-ring (bicyclic) bond motifs is 3. The van der Waals surface area contributed by atoms with Crippen molar-refractivity contribution < 1.29 is 19.1 Å². The highest BCUT2D eigenvalue weighted by Crippen LogP contribution is 2.52. The van der Waals surface area contributed by atoms with Gasteiger partial charge in [-0.15, -0.1) is 0 Å². The lowest BCUT2D eigenvalue weighted by Crippen LogP contribution is -2.44. The highest BCUT2D eigenvalue weighted by atomic mass is 16.7. The number of nitrogens with zero attached hydrogens (tertiary/aromatic N) is 1. The number of nitrogens with one attached hydrogen (secondary N) is 1. The molecular formula is C27H30N2O4. The van der Waals surface area contributed by atoms with Crippen LogP contribution in [0.4, 0.5) is 0 Å². The maximum absolute atomic E-state index is 13.2. The molecule has 2 aliphatic carbocycles. The van der Waals surface area contributed by atoms with Gasteiger partial charge in [0.05, 0.1) is 0 Å². The van der Waals surface area contributed by atoms with Crippen LogP contribution in [0.3, 0.4) is 0 Å². The normalized spacial score (nSPS) is 22.3. The van der Waals surface area contributed by atoms with Crippen LogP contribution in [0, 0.1) is 5.92 Å². The van der Waals surface area contributed by atoms with E-state index in [4.69, 9.17) is 9.47 Å². The van der Waals surface area contributed by atoms with E-state index >= 15 is 0 Å². The van der Waals surface area contributed by atoms with E-state index in [1.807, 2.05) is 17.0 Å². The van der Waals surface area contributed by atoms with Crippen LogP contribution in [-0.2, 0) is 10.2 Å². The number of ether oxygens (including phenoxy) is 2. The van der Waals surface area contributed by atoms with Gasteiger partial charge in [-0.2, -0.15) is 0 Å². The number of carbonyl (C=O) groups excluding carboxylic acids is 2. The van der Waals surface area contributed by atoms with Crippen LogP contribution in [0.5, 0.6) is 11.5 Å². The average Bonchev–Trinajstić information content (AvgIpc) is 3.48. The Bertz CT molecular complexity index is 1090. The lowest BCUT2D eigenvalue weighted by molar-refractivity contribution is -0.121. The van der Waals surface area contributed by atoms with E-state index < -0.39 is 0 Å². The van der Waals surface area contributed by atoms with E-state index in [1.165, 1.54) is 24.0 Å². The maximum atomic E-state index is 13.2. The average molecular weight is 447 g/mol. The molecule has 6 rings (SSSR count). The smallest absolute Gasteiger partial charge is 0.253 e. The van der Waals surface area contributed by atoms with Gasteiger partial charge in [-0.1, -0.05) is 24.3 Å². The van der Waals surface area contributed by atoms with E-state index in [1.54, 1.807) is 6.07 Å². The Labute approximate surface area is 194 Å². The number of benzene rings is 2. The van der Waals surface area contributed by atoms with Crippen molar-refractivity contribution in [2.24, 2.45) is 5.92 Å². The van der Waals surface area contributed by atoms with Gasteiger partial charge in [0.15, 0.2) is 11.5 Å². The first-order valence-electron chi connectivity index (χ1n) is 12.2. The lowest BCUT2D eigenvalue weighted by Gasteiger charge is -2.40. The summed E-state index contributed by atoms with van der Waals surface area (Å²) >= 11 is 0. The zero-order valence-corrected chi connectivity index (χ0v) is 18.8. The molecule has 6 heteroatoms. The summed E-state index contributed by atoms with van der Waals surface area (Å²) in [7, 11) is 0. The highest BCUT2D eigenvalue weighted by molar-refractivity contribution is 5.95. The molecule has 172 valence electrons. The third-order valence-corrected chi connectivity index (χ3v) is 7.95. The van der Waals surface area contributed by atoms with Crippen molar-refractivity contribution in [3.05, 3.63) is 59.2 Å². The fourth-order valence-corrected chi connectivity index (χ4v) is 5.91. The summed E-state index contributed by atoms with van der Waals surface area (Å²) in [6, 6.07) is 14.1. The highest BCUT2D eigenvalue weighted by Gasteiger charge is 2.46. The minimum absolute atomic E-state index is 0.0467. The number of rotatable bonds is 5. The second-order valence-electron chi connectivity index (χ2n) is 10.1. The molecule has 0 radical (unpaired) electrons. The monoisotopic (exact) mass is 446 g/mol. The van der Waals surface area contributed by atoms with Crippen molar-refractivity contribution in [2.45, 2.75) is 49.9 Å². The molecule has 2 amide bonds. The van der Waals surface area contributed by atoms with Crippen LogP contribution in [0.2, 0.25) is 0 Å². The number of amides is 2. The van der Waals surface area contributed by atoms with Crippen molar-refractivity contribution >= 4 is 11.8 Å². The first-order chi connectivity index (χ1) is 16.1. The van der Waals surface area contributed by atoms with Gasteiger partial charge in [0, 0.05) is 31.6 Å². The number of piperidine rings is 1. The number of hydrogen-bond acceptors (Lipinski definition) is 4. The Morgan fingerprint density at radius 1 is 1.03 bits per heavy atom. The second kappa shape index (κ2) is 8.08. The molecule has 6 nitrogen and oxygen atoms in total. The summed E-state index contributed by atoms with van der Waals surface area (Å²) in [5.74, 6) is 2.51. The van der Waals surface area contributed by atoms with Gasteiger partial charge in [-0.05, 0) is 78.7 Å². The molecular weight excluding hydrogens is 416 g/mol. The number of hydrogen-bond donors (Lipinski definition) is 1. The molecule has 2 fully saturated rings. The molecule has 2 aromatic carbocycles. The summed E-state index contributed by atoms with van der Waals surface area (Å²) in [4.78, 5) is 27.7. The Balaban J connectivity index is 1.14. The summed E-state index contributed by atoms with van der Waals surface area (Å²) < 4.78 is 10.8. The van der Waals surface area contributed by atoms with Gasteiger partial charge in [0.2, 0.25) is 12.7 Å². The van der Waals surface area contributed by atoms with Crippen LogP contribution in [0.1, 0.15) is 65.9 Å². The van der Waals surface area contributed by atoms with Gasteiger partial charge in [0.1, 0.15) is 0 Å². The van der Waals surface area contributed by atoms with Gasteiger partial charge in [0.25, 0.3) is 5.91 Å². The van der Waals surface area contributed by atoms with Crippen molar-refractivity contribution in [1.82, 2.24) is 10.2 Å². The molecule has 2 aliphatic heterocycles. The molecule has 2 heterocycles. The molecule has 0 bridgehead atoms. The standard InChI is InChI=1S/C27H30N2O4/c30-25(28-16-18-5-6-18)14-20-15-27(22-4-2-1-3-21(20)22)9-11-29(12-10-27)26(31)19-7-8-23-24(13-19)33-17-32-23/h1-4,7-8,13,18,20H,5-6,9-12,14-17H2,(H,28,30). The van der Waals surface area contributed by atoms with Crippen molar-refractivity contribution in [3.8, 4) is 11.5 Å². The van der Waals surface area contributed by atoms with E-state index in [2.05, 4.69) is 29.6 Å². The van der Waals surface area contributed by atoms with Crippen LogP contribution in [0.15, 0.2) is 42.5 Å². The van der Waals surface area contributed by atoms with E-state index in [0.29, 0.717) is 29.4 Å². The Kier molecular flexibility index (Phi) is 5.04. The quantitative estimate of drug-likeness (QED) is 0.754. The van der Waals surface area contributed by atoms with Crippen molar-refractivity contribution in [1.29, 1.82) is 0 Å². The third-order valence-electron chi connectivity index (χ3n) is 7.95. The molecule has 1 unspecified atom stereocenters. The zero-order valence-electron chi connectivity index (χ0n) is 18.8. The Morgan fingerprint density at radius 3 is 2.64 bits per heavy atom. The molecule has 4 aliphatic rings. The molecule has 1 saturated heterocycles. The predicted molar refractivity (Wildman–Crippen MR) is 124 cm³/mol. The topological polar surface area (TPSA) is 67.9 Å². The first-order valence-corrected chi connectivity index (χ1v) is 12.2. The molecule has 0 aromatic heterocycles. The Hall–Kier alpha value is -3.02. The molecule has 1 N–H and O–H groups in total. The molecule has 2 aromatic rings. The fraction of sp³-hybridized carbons (Fsp3) is 0.481. The number of likely N-dealkylation sites (tertiary alicyclic amines) is 1. The predicted octanol–water partition coefficient (Wildman–Crippen LogP) is 3.99. The largest absolute Gasteiger partial charge is 0.454 e. The SMILES string of the molecule is O=C(CC1CC2(CCN(C(=O)c3ccc4c(c3)OCO4)CC2)c2ccccc21)NCC1CC1. The number of carbonyl (C=O) groups is 2. The van der Waals surface area contributed by atoms with Crippen molar-refractivity contribution in [3.63, 3.8) is 0 Å². The minimum atomic E-state index is 0.0467. The van der Waals surface area contributed by atoms with Crippen LogP contribution in [0.25, 0.3) is 0 Å². The second-order valence-corrected chi connectivity index (χ2v) is 10.1. The van der Waals surface area contributed by atoms with Crippen LogP contribution >= 0.6 is 0 Å². The first kappa shape index (κ1) is 20.6. The van der Waals surface area contributed by atoms with Gasteiger partial charge in [-0.25, -0.2) is 0 Å². The minimum Gasteiger partial charge on any atom is -0.454 e. The summed E-state index contributed by atoms with van der Waals surface area (Å²) in [5, 5.41) is 3.14. The van der Waals surface area contributed by atoms with Crippen LogP contribution in [-0.4, -0.2) is 43.1 Å².